The summed E-state index contributed by atoms with van der Waals surface area (Å²) in [6.45, 7) is 3.89. The van der Waals surface area contributed by atoms with Gasteiger partial charge in [0.2, 0.25) is 0 Å². The molecule has 0 aliphatic carbocycles. The first-order chi connectivity index (χ1) is 10.2. The Labute approximate surface area is 125 Å². The fourth-order valence-corrected chi connectivity index (χ4v) is 2.26. The molecule has 0 atom stereocenters. The van der Waals surface area contributed by atoms with Crippen LogP contribution in [0.4, 0.5) is 11.4 Å². The highest BCUT2D eigenvalue weighted by atomic mass is 16.5. The maximum Gasteiger partial charge on any atom is 0.123 e. The van der Waals surface area contributed by atoms with E-state index in [0.717, 1.165) is 18.0 Å². The number of ether oxygens (including phenoxy) is 1. The van der Waals surface area contributed by atoms with Crippen LogP contribution in [0.15, 0.2) is 48.5 Å². The molecule has 0 amide bonds. The van der Waals surface area contributed by atoms with Gasteiger partial charge in [-0.1, -0.05) is 30.3 Å². The molecule has 0 spiro atoms. The number of aliphatic hydroxyl groups is 1. The first kappa shape index (κ1) is 15.2. The van der Waals surface area contributed by atoms with Crippen LogP contribution in [-0.2, 0) is 6.54 Å². The highest BCUT2D eigenvalue weighted by molar-refractivity contribution is 5.60. The Kier molecular flexibility index (Phi) is 5.46. The lowest BCUT2D eigenvalue weighted by molar-refractivity contribution is 0.301. The van der Waals surface area contributed by atoms with Crippen LogP contribution >= 0.6 is 0 Å². The molecule has 0 aliphatic rings. The van der Waals surface area contributed by atoms with Gasteiger partial charge in [-0.25, -0.2) is 0 Å². The van der Waals surface area contributed by atoms with Crippen molar-refractivity contribution < 1.29 is 9.84 Å². The summed E-state index contributed by atoms with van der Waals surface area (Å²) in [7, 11) is 0. The molecule has 0 saturated heterocycles. The fourth-order valence-electron chi connectivity index (χ4n) is 2.26. The fraction of sp³-hybridized carbons (Fsp3) is 0.294. The van der Waals surface area contributed by atoms with Gasteiger partial charge in [0.25, 0.3) is 0 Å². The van der Waals surface area contributed by atoms with Crippen molar-refractivity contribution in [1.29, 1.82) is 0 Å². The standard InChI is InChI=1S/C17H22N2O2/c1-2-21-17-11-15(18)10-16(12-17)19(8-9-20)13-14-6-4-3-5-7-14/h3-7,10-12,20H,2,8-9,13,18H2,1H3. The van der Waals surface area contributed by atoms with E-state index in [0.29, 0.717) is 18.8 Å². The van der Waals surface area contributed by atoms with Crippen molar-refractivity contribution in [3.05, 3.63) is 54.1 Å². The second kappa shape index (κ2) is 7.55. The van der Waals surface area contributed by atoms with Crippen LogP contribution in [-0.4, -0.2) is 24.9 Å². The third kappa shape index (κ3) is 4.39. The van der Waals surface area contributed by atoms with E-state index in [1.807, 2.05) is 43.3 Å². The highest BCUT2D eigenvalue weighted by Gasteiger charge is 2.09. The van der Waals surface area contributed by atoms with Crippen LogP contribution in [0.3, 0.4) is 0 Å². The van der Waals surface area contributed by atoms with Gasteiger partial charge >= 0.3 is 0 Å². The molecule has 0 radical (unpaired) electrons. The Bertz CT molecular complexity index is 558. The molecule has 2 aromatic carbocycles. The Morgan fingerprint density at radius 3 is 2.57 bits per heavy atom. The molecular weight excluding hydrogens is 264 g/mol. The zero-order valence-electron chi connectivity index (χ0n) is 12.3. The second-order valence-corrected chi connectivity index (χ2v) is 4.82. The Balaban J connectivity index is 2.24. The number of hydrogen-bond acceptors (Lipinski definition) is 4. The molecular formula is C17H22N2O2. The molecule has 0 saturated carbocycles. The molecule has 4 heteroatoms. The first-order valence-corrected chi connectivity index (χ1v) is 7.16. The lowest BCUT2D eigenvalue weighted by Crippen LogP contribution is -2.26. The molecule has 0 unspecified atom stereocenters. The van der Waals surface area contributed by atoms with Crippen LogP contribution in [0, 0.1) is 0 Å². The van der Waals surface area contributed by atoms with Gasteiger partial charge in [0.05, 0.1) is 13.2 Å². The molecule has 2 rings (SSSR count). The lowest BCUT2D eigenvalue weighted by atomic mass is 10.2. The van der Waals surface area contributed by atoms with Crippen molar-refractivity contribution in [2.24, 2.45) is 0 Å². The van der Waals surface area contributed by atoms with E-state index < -0.39 is 0 Å². The van der Waals surface area contributed by atoms with Gasteiger partial charge in [-0.3, -0.25) is 0 Å². The summed E-state index contributed by atoms with van der Waals surface area (Å²) in [6.07, 6.45) is 0. The van der Waals surface area contributed by atoms with Crippen molar-refractivity contribution in [1.82, 2.24) is 0 Å². The summed E-state index contributed by atoms with van der Waals surface area (Å²) in [5.41, 5.74) is 8.75. The third-order valence-corrected chi connectivity index (χ3v) is 3.18. The van der Waals surface area contributed by atoms with Crippen LogP contribution in [0.1, 0.15) is 12.5 Å². The van der Waals surface area contributed by atoms with E-state index in [-0.39, 0.29) is 6.61 Å². The molecule has 0 aromatic heterocycles. The quantitative estimate of drug-likeness (QED) is 0.768. The third-order valence-electron chi connectivity index (χ3n) is 3.18. The Hall–Kier alpha value is -2.20. The van der Waals surface area contributed by atoms with Crippen molar-refractivity contribution in [3.63, 3.8) is 0 Å². The van der Waals surface area contributed by atoms with Gasteiger partial charge in [-0.2, -0.15) is 0 Å². The van der Waals surface area contributed by atoms with Gasteiger partial charge in [0, 0.05) is 36.6 Å². The summed E-state index contributed by atoms with van der Waals surface area (Å²) in [5.74, 6) is 0.753. The van der Waals surface area contributed by atoms with Crippen LogP contribution in [0.25, 0.3) is 0 Å². The number of nitrogens with zero attached hydrogens (tertiary/aromatic N) is 1. The molecule has 4 nitrogen and oxygen atoms in total. The van der Waals surface area contributed by atoms with Crippen molar-refractivity contribution in [2.75, 3.05) is 30.4 Å². The number of benzene rings is 2. The number of nitrogens with two attached hydrogens (primary N) is 1. The molecule has 3 N–H and O–H groups in total. The van der Waals surface area contributed by atoms with E-state index in [9.17, 15) is 5.11 Å². The van der Waals surface area contributed by atoms with E-state index >= 15 is 0 Å². The first-order valence-electron chi connectivity index (χ1n) is 7.16. The molecule has 0 bridgehead atoms. The molecule has 0 fully saturated rings. The van der Waals surface area contributed by atoms with Gasteiger partial charge < -0.3 is 20.5 Å². The van der Waals surface area contributed by atoms with Gasteiger partial charge in [0.15, 0.2) is 0 Å². The number of rotatable bonds is 7. The molecule has 112 valence electrons. The molecule has 0 aliphatic heterocycles. The maximum atomic E-state index is 9.31. The van der Waals surface area contributed by atoms with Crippen molar-refractivity contribution >= 4 is 11.4 Å². The predicted molar refractivity (Wildman–Crippen MR) is 86.6 cm³/mol. The summed E-state index contributed by atoms with van der Waals surface area (Å²) in [6, 6.07) is 15.8. The normalized spacial score (nSPS) is 10.4. The summed E-state index contributed by atoms with van der Waals surface area (Å²) in [5, 5.41) is 9.31. The minimum Gasteiger partial charge on any atom is -0.494 e. The van der Waals surface area contributed by atoms with Crippen LogP contribution in [0.2, 0.25) is 0 Å². The Morgan fingerprint density at radius 2 is 1.90 bits per heavy atom. The lowest BCUT2D eigenvalue weighted by Gasteiger charge is -2.25. The zero-order chi connectivity index (χ0) is 15.1. The largest absolute Gasteiger partial charge is 0.494 e. The van der Waals surface area contributed by atoms with Crippen molar-refractivity contribution in [2.45, 2.75) is 13.5 Å². The number of anilines is 2. The Morgan fingerprint density at radius 1 is 1.14 bits per heavy atom. The van der Waals surface area contributed by atoms with Crippen LogP contribution < -0.4 is 15.4 Å². The van der Waals surface area contributed by atoms with Crippen LogP contribution in [0.5, 0.6) is 5.75 Å². The summed E-state index contributed by atoms with van der Waals surface area (Å²) < 4.78 is 5.54. The monoisotopic (exact) mass is 286 g/mol. The van der Waals surface area contributed by atoms with E-state index in [2.05, 4.69) is 17.0 Å². The van der Waals surface area contributed by atoms with Crippen molar-refractivity contribution in [3.8, 4) is 5.75 Å². The smallest absolute Gasteiger partial charge is 0.123 e. The number of nitrogen functional groups attached to an aromatic ring is 1. The SMILES string of the molecule is CCOc1cc(N)cc(N(CCO)Cc2ccccc2)c1. The second-order valence-electron chi connectivity index (χ2n) is 4.82. The van der Waals surface area contributed by atoms with E-state index in [4.69, 9.17) is 10.5 Å². The summed E-state index contributed by atoms with van der Waals surface area (Å²) >= 11 is 0. The predicted octanol–water partition coefficient (Wildman–Crippen LogP) is 2.67. The molecule has 0 heterocycles. The highest BCUT2D eigenvalue weighted by Crippen LogP contribution is 2.26. The maximum absolute atomic E-state index is 9.31. The average Bonchev–Trinajstić information content (AvgIpc) is 2.48. The minimum absolute atomic E-state index is 0.0889. The van der Waals surface area contributed by atoms with Gasteiger partial charge in [0.1, 0.15) is 5.75 Å². The van der Waals surface area contributed by atoms with Gasteiger partial charge in [-0.05, 0) is 18.6 Å². The van der Waals surface area contributed by atoms with Gasteiger partial charge in [-0.15, -0.1) is 0 Å². The topological polar surface area (TPSA) is 58.7 Å². The number of hydrogen-bond donors (Lipinski definition) is 2. The summed E-state index contributed by atoms with van der Waals surface area (Å²) in [4.78, 5) is 2.09. The molecule has 21 heavy (non-hydrogen) atoms. The minimum atomic E-state index is 0.0889. The zero-order valence-corrected chi connectivity index (χ0v) is 12.3. The molecule has 2 aromatic rings. The van der Waals surface area contributed by atoms with E-state index in [1.165, 1.54) is 5.56 Å². The van der Waals surface area contributed by atoms with E-state index in [1.54, 1.807) is 0 Å². The average molecular weight is 286 g/mol. The number of aliphatic hydroxyl groups excluding tert-OH is 1.